The molecule has 0 aliphatic heterocycles. The maximum atomic E-state index is 12.4. The second kappa shape index (κ2) is 8.14. The molecular formula is C16H14ClN3O5S. The van der Waals surface area contributed by atoms with Crippen molar-refractivity contribution in [3.8, 4) is 17.6 Å². The number of ether oxygens (including phenoxy) is 1. The van der Waals surface area contributed by atoms with Crippen molar-refractivity contribution >= 4 is 27.3 Å². The van der Waals surface area contributed by atoms with Gasteiger partial charge in [-0.1, -0.05) is 17.7 Å². The van der Waals surface area contributed by atoms with Gasteiger partial charge < -0.3 is 4.74 Å². The minimum Gasteiger partial charge on any atom is -0.449 e. The number of nitriles is 1. The normalized spacial score (nSPS) is 11.2. The molecule has 0 heterocycles. The molecule has 2 rings (SSSR count). The molecule has 0 aromatic heterocycles. The average Bonchev–Trinajstić information content (AvgIpc) is 2.61. The first-order valence-electron chi connectivity index (χ1n) is 7.31. The largest absolute Gasteiger partial charge is 0.449 e. The van der Waals surface area contributed by atoms with Gasteiger partial charge in [-0.3, -0.25) is 10.1 Å². The van der Waals surface area contributed by atoms with Crippen LogP contribution in [0.3, 0.4) is 0 Å². The first kappa shape index (κ1) is 19.7. The van der Waals surface area contributed by atoms with E-state index in [9.17, 15) is 18.5 Å². The average molecular weight is 396 g/mol. The molecular weight excluding hydrogens is 382 g/mol. The van der Waals surface area contributed by atoms with Crippen molar-refractivity contribution in [2.45, 2.75) is 11.3 Å². The number of hydrogen-bond donors (Lipinski definition) is 0. The summed E-state index contributed by atoms with van der Waals surface area (Å²) in [5.41, 5.74) is -0.301. The Kier molecular flexibility index (Phi) is 6.15. The van der Waals surface area contributed by atoms with Gasteiger partial charge in [0.1, 0.15) is 5.75 Å². The van der Waals surface area contributed by atoms with E-state index in [1.54, 1.807) is 0 Å². The molecule has 8 nitrogen and oxygen atoms in total. The quantitative estimate of drug-likeness (QED) is 0.523. The van der Waals surface area contributed by atoms with Gasteiger partial charge in [0.2, 0.25) is 15.8 Å². The number of halogens is 1. The van der Waals surface area contributed by atoms with Crippen molar-refractivity contribution < 1.29 is 18.1 Å². The Morgan fingerprint density at radius 3 is 2.50 bits per heavy atom. The van der Waals surface area contributed by atoms with Gasteiger partial charge in [-0.25, -0.2) is 8.42 Å². The highest BCUT2D eigenvalue weighted by molar-refractivity contribution is 7.89. The fraction of sp³-hybridized carbons (Fsp3) is 0.188. The first-order valence-corrected chi connectivity index (χ1v) is 9.13. The van der Waals surface area contributed by atoms with E-state index in [1.165, 1.54) is 49.5 Å². The fourth-order valence-corrected chi connectivity index (χ4v) is 3.43. The van der Waals surface area contributed by atoms with Crippen LogP contribution in [0.1, 0.15) is 6.42 Å². The van der Waals surface area contributed by atoms with E-state index in [4.69, 9.17) is 21.6 Å². The second-order valence-corrected chi connectivity index (χ2v) is 7.61. The van der Waals surface area contributed by atoms with E-state index in [2.05, 4.69) is 0 Å². The summed E-state index contributed by atoms with van der Waals surface area (Å²) in [6.45, 7) is 0.0723. The highest BCUT2D eigenvalue weighted by atomic mass is 35.5. The van der Waals surface area contributed by atoms with Crippen LogP contribution in [-0.4, -0.2) is 31.2 Å². The van der Waals surface area contributed by atoms with Crippen LogP contribution in [0.4, 0.5) is 5.69 Å². The SMILES string of the molecule is CN(CCC#N)S(=O)(=O)c1ccc(Oc2c(Cl)cccc2[N+](=O)[O-])cc1. The molecule has 0 aliphatic carbocycles. The number of nitro groups is 1. The summed E-state index contributed by atoms with van der Waals surface area (Å²) in [6.07, 6.45) is 0.0765. The van der Waals surface area contributed by atoms with Crippen LogP contribution in [0, 0.1) is 21.4 Å². The standard InChI is InChI=1S/C16H14ClN3O5S/c1-19(11-3-10-18)26(23,24)13-8-6-12(7-9-13)25-16-14(17)4-2-5-15(16)20(21)22/h2,4-9H,3,11H2,1H3. The summed E-state index contributed by atoms with van der Waals surface area (Å²) in [4.78, 5) is 10.5. The molecule has 0 fully saturated rings. The second-order valence-electron chi connectivity index (χ2n) is 5.15. The molecule has 0 saturated carbocycles. The molecule has 0 saturated heterocycles. The van der Waals surface area contributed by atoms with Gasteiger partial charge in [0.05, 0.1) is 20.9 Å². The van der Waals surface area contributed by atoms with Crippen LogP contribution < -0.4 is 4.74 Å². The van der Waals surface area contributed by atoms with Gasteiger partial charge >= 0.3 is 5.69 Å². The highest BCUT2D eigenvalue weighted by Crippen LogP contribution is 2.37. The zero-order valence-electron chi connectivity index (χ0n) is 13.6. The Bertz CT molecular complexity index is 955. The third kappa shape index (κ3) is 4.29. The molecule has 0 atom stereocenters. The maximum absolute atomic E-state index is 12.4. The summed E-state index contributed by atoms with van der Waals surface area (Å²) in [5.74, 6) is 0.0701. The topological polar surface area (TPSA) is 114 Å². The van der Waals surface area contributed by atoms with Crippen LogP contribution in [-0.2, 0) is 10.0 Å². The van der Waals surface area contributed by atoms with E-state index < -0.39 is 14.9 Å². The molecule has 0 unspecified atom stereocenters. The van der Waals surface area contributed by atoms with Crippen molar-refractivity contribution in [1.29, 1.82) is 5.26 Å². The number of nitrogens with zero attached hydrogens (tertiary/aromatic N) is 3. The number of benzene rings is 2. The van der Waals surface area contributed by atoms with Gasteiger partial charge in [0.15, 0.2) is 0 Å². The molecule has 136 valence electrons. The zero-order chi connectivity index (χ0) is 19.3. The van der Waals surface area contributed by atoms with Crippen molar-refractivity contribution in [3.05, 3.63) is 57.6 Å². The van der Waals surface area contributed by atoms with Gasteiger partial charge in [0, 0.05) is 26.1 Å². The lowest BCUT2D eigenvalue weighted by Gasteiger charge is -2.16. The van der Waals surface area contributed by atoms with E-state index >= 15 is 0 Å². The summed E-state index contributed by atoms with van der Waals surface area (Å²) in [6, 6.07) is 11.4. The summed E-state index contributed by atoms with van der Waals surface area (Å²) in [7, 11) is -2.36. The van der Waals surface area contributed by atoms with Crippen LogP contribution in [0.2, 0.25) is 5.02 Å². The van der Waals surface area contributed by atoms with Gasteiger partial charge in [-0.15, -0.1) is 0 Å². The predicted molar refractivity (Wildman–Crippen MR) is 94.7 cm³/mol. The third-order valence-corrected chi connectivity index (χ3v) is 5.60. The molecule has 10 heteroatoms. The lowest BCUT2D eigenvalue weighted by Crippen LogP contribution is -2.27. The Labute approximate surface area is 155 Å². The van der Waals surface area contributed by atoms with Crippen LogP contribution in [0.15, 0.2) is 47.4 Å². The molecule has 26 heavy (non-hydrogen) atoms. The number of hydrogen-bond acceptors (Lipinski definition) is 6. The molecule has 0 aliphatic rings. The first-order chi connectivity index (χ1) is 12.3. The molecule has 0 spiro atoms. The lowest BCUT2D eigenvalue weighted by molar-refractivity contribution is -0.385. The fourth-order valence-electron chi connectivity index (χ4n) is 2.05. The van der Waals surface area contributed by atoms with E-state index in [-0.39, 0.29) is 40.1 Å². The minimum absolute atomic E-state index is 0.0129. The predicted octanol–water partition coefficient (Wildman–Crippen LogP) is 3.57. The third-order valence-electron chi connectivity index (χ3n) is 3.43. The van der Waals surface area contributed by atoms with E-state index in [1.807, 2.05) is 6.07 Å². The van der Waals surface area contributed by atoms with Crippen molar-refractivity contribution in [2.24, 2.45) is 0 Å². The van der Waals surface area contributed by atoms with Gasteiger partial charge in [-0.05, 0) is 30.3 Å². The van der Waals surface area contributed by atoms with Crippen LogP contribution in [0.5, 0.6) is 11.5 Å². The lowest BCUT2D eigenvalue weighted by atomic mass is 10.3. The van der Waals surface area contributed by atoms with Crippen molar-refractivity contribution in [2.75, 3.05) is 13.6 Å². The number of rotatable bonds is 7. The molecule has 2 aromatic rings. The highest BCUT2D eigenvalue weighted by Gasteiger charge is 2.22. The van der Waals surface area contributed by atoms with Gasteiger partial charge in [-0.2, -0.15) is 9.57 Å². The summed E-state index contributed by atoms with van der Waals surface area (Å²) >= 11 is 5.96. The smallest absolute Gasteiger partial charge is 0.313 e. The summed E-state index contributed by atoms with van der Waals surface area (Å²) in [5, 5.41) is 19.7. The van der Waals surface area contributed by atoms with Gasteiger partial charge in [0.25, 0.3) is 0 Å². The number of nitro benzene ring substituents is 1. The number of para-hydroxylation sites is 1. The van der Waals surface area contributed by atoms with Crippen LogP contribution in [0.25, 0.3) is 0 Å². The van der Waals surface area contributed by atoms with Crippen molar-refractivity contribution in [3.63, 3.8) is 0 Å². The Hall–Kier alpha value is -2.67. The molecule has 0 amide bonds. The molecule has 0 bridgehead atoms. The Morgan fingerprint density at radius 1 is 1.27 bits per heavy atom. The number of sulfonamides is 1. The summed E-state index contributed by atoms with van der Waals surface area (Å²) < 4.78 is 31.3. The molecule has 0 N–H and O–H groups in total. The minimum atomic E-state index is -3.74. The monoisotopic (exact) mass is 395 g/mol. The molecule has 0 radical (unpaired) electrons. The Balaban J connectivity index is 2.27. The van der Waals surface area contributed by atoms with Crippen molar-refractivity contribution in [1.82, 2.24) is 4.31 Å². The zero-order valence-corrected chi connectivity index (χ0v) is 15.2. The van der Waals surface area contributed by atoms with E-state index in [0.717, 1.165) is 4.31 Å². The Morgan fingerprint density at radius 2 is 1.92 bits per heavy atom. The van der Waals surface area contributed by atoms with Crippen LogP contribution >= 0.6 is 11.6 Å². The molecule has 2 aromatic carbocycles. The van der Waals surface area contributed by atoms with E-state index in [0.29, 0.717) is 0 Å². The maximum Gasteiger partial charge on any atom is 0.313 e.